The van der Waals surface area contributed by atoms with Gasteiger partial charge in [0.25, 0.3) is 0 Å². The quantitative estimate of drug-likeness (QED) is 0.440. The Morgan fingerprint density at radius 2 is 1.71 bits per heavy atom. The molecule has 0 atom stereocenters. The van der Waals surface area contributed by atoms with E-state index in [9.17, 15) is 4.79 Å². The number of rotatable bonds is 8. The minimum absolute atomic E-state index is 0.322. The number of carbonyl (C=O) groups is 1. The van der Waals surface area contributed by atoms with E-state index in [1.807, 2.05) is 0 Å². The van der Waals surface area contributed by atoms with Crippen molar-refractivity contribution < 1.29 is 9.53 Å². The van der Waals surface area contributed by atoms with Crippen LogP contribution in [0.1, 0.15) is 26.2 Å². The van der Waals surface area contributed by atoms with Crippen molar-refractivity contribution in [2.24, 2.45) is 10.9 Å². The third-order valence-corrected chi connectivity index (χ3v) is 5.99. The number of guanidine groups is 1. The molecule has 3 rings (SSSR count). The summed E-state index contributed by atoms with van der Waals surface area (Å²) in [7, 11) is 0. The Hall–Kier alpha value is -1.38. The Morgan fingerprint density at radius 1 is 1.00 bits per heavy atom. The van der Waals surface area contributed by atoms with Gasteiger partial charge < -0.3 is 20.3 Å². The van der Waals surface area contributed by atoms with Gasteiger partial charge in [0.05, 0.1) is 19.8 Å². The third kappa shape index (κ3) is 6.60. The van der Waals surface area contributed by atoms with Crippen molar-refractivity contribution in [3.05, 3.63) is 0 Å². The summed E-state index contributed by atoms with van der Waals surface area (Å²) in [5.74, 6) is 1.61. The molecule has 160 valence electrons. The number of carbonyl (C=O) groups excluding carboxylic acids is 1. The number of ether oxygens (including phenoxy) is 1. The van der Waals surface area contributed by atoms with Gasteiger partial charge in [0.15, 0.2) is 5.96 Å². The molecular weight excluding hydrogens is 356 g/mol. The molecule has 0 radical (unpaired) electrons. The zero-order valence-corrected chi connectivity index (χ0v) is 17.5. The monoisotopic (exact) mass is 394 g/mol. The van der Waals surface area contributed by atoms with E-state index < -0.39 is 0 Å². The third-order valence-electron chi connectivity index (χ3n) is 5.99. The Labute approximate surface area is 169 Å². The van der Waals surface area contributed by atoms with Crippen molar-refractivity contribution in [1.29, 1.82) is 0 Å². The molecule has 8 heteroatoms. The molecule has 1 saturated carbocycles. The maximum absolute atomic E-state index is 12.3. The second-order valence-corrected chi connectivity index (χ2v) is 7.94. The van der Waals surface area contributed by atoms with Crippen LogP contribution in [0.15, 0.2) is 4.99 Å². The van der Waals surface area contributed by atoms with Gasteiger partial charge in [-0.2, -0.15) is 0 Å². The molecule has 3 fully saturated rings. The molecule has 0 aromatic rings. The highest BCUT2D eigenvalue weighted by Gasteiger charge is 2.30. The van der Waals surface area contributed by atoms with E-state index in [1.165, 1.54) is 6.42 Å². The van der Waals surface area contributed by atoms with Crippen LogP contribution in [0.3, 0.4) is 0 Å². The van der Waals surface area contributed by atoms with Crippen molar-refractivity contribution in [3.8, 4) is 0 Å². The Balaban J connectivity index is 1.31. The van der Waals surface area contributed by atoms with Gasteiger partial charge in [-0.15, -0.1) is 0 Å². The molecule has 0 aromatic carbocycles. The molecule has 0 bridgehead atoms. The minimum atomic E-state index is 0.322. The number of piperazine rings is 1. The molecule has 0 unspecified atom stereocenters. The topological polar surface area (TPSA) is 72.4 Å². The minimum Gasteiger partial charge on any atom is -0.379 e. The smallest absolute Gasteiger partial charge is 0.225 e. The number of hydrogen-bond acceptors (Lipinski definition) is 5. The van der Waals surface area contributed by atoms with Gasteiger partial charge in [-0.3, -0.25) is 19.6 Å². The Morgan fingerprint density at radius 3 is 2.36 bits per heavy atom. The average molecular weight is 395 g/mol. The first-order valence-electron chi connectivity index (χ1n) is 11.1. The van der Waals surface area contributed by atoms with Crippen molar-refractivity contribution in [1.82, 2.24) is 25.3 Å². The van der Waals surface area contributed by atoms with E-state index >= 15 is 0 Å². The number of nitrogens with zero attached hydrogens (tertiary/aromatic N) is 4. The summed E-state index contributed by atoms with van der Waals surface area (Å²) >= 11 is 0. The zero-order chi connectivity index (χ0) is 19.6. The van der Waals surface area contributed by atoms with Crippen LogP contribution in [0.4, 0.5) is 0 Å². The lowest BCUT2D eigenvalue weighted by Crippen LogP contribution is -2.51. The summed E-state index contributed by atoms with van der Waals surface area (Å²) in [4.78, 5) is 24.0. The molecule has 2 heterocycles. The molecule has 2 aliphatic heterocycles. The molecule has 8 nitrogen and oxygen atoms in total. The van der Waals surface area contributed by atoms with Gasteiger partial charge in [-0.1, -0.05) is 6.42 Å². The van der Waals surface area contributed by atoms with Gasteiger partial charge in [0, 0.05) is 71.4 Å². The van der Waals surface area contributed by atoms with E-state index in [-0.39, 0.29) is 0 Å². The first-order valence-corrected chi connectivity index (χ1v) is 11.1. The molecule has 2 saturated heterocycles. The molecule has 0 spiro atoms. The fraction of sp³-hybridized carbons (Fsp3) is 0.900. The molecule has 28 heavy (non-hydrogen) atoms. The summed E-state index contributed by atoms with van der Waals surface area (Å²) in [6, 6.07) is 0. The summed E-state index contributed by atoms with van der Waals surface area (Å²) < 4.78 is 5.39. The molecule has 1 aliphatic carbocycles. The van der Waals surface area contributed by atoms with Crippen LogP contribution in [0.2, 0.25) is 0 Å². The van der Waals surface area contributed by atoms with Crippen LogP contribution < -0.4 is 10.6 Å². The van der Waals surface area contributed by atoms with E-state index in [0.717, 1.165) is 104 Å². The van der Waals surface area contributed by atoms with E-state index in [0.29, 0.717) is 11.8 Å². The summed E-state index contributed by atoms with van der Waals surface area (Å²) in [5, 5.41) is 6.77. The Bertz CT molecular complexity index is 497. The number of aliphatic imine (C=N–C) groups is 1. The fourth-order valence-electron chi connectivity index (χ4n) is 3.91. The van der Waals surface area contributed by atoms with Gasteiger partial charge in [-0.05, 0) is 19.8 Å². The first kappa shape index (κ1) is 21.3. The summed E-state index contributed by atoms with van der Waals surface area (Å²) in [5.41, 5.74) is 0. The van der Waals surface area contributed by atoms with Gasteiger partial charge >= 0.3 is 0 Å². The fourth-order valence-corrected chi connectivity index (χ4v) is 3.91. The van der Waals surface area contributed by atoms with Crippen LogP contribution in [-0.4, -0.2) is 112 Å². The zero-order valence-electron chi connectivity index (χ0n) is 17.5. The largest absolute Gasteiger partial charge is 0.379 e. The van der Waals surface area contributed by atoms with Crippen molar-refractivity contribution in [2.45, 2.75) is 26.2 Å². The summed E-state index contributed by atoms with van der Waals surface area (Å²) in [6.07, 6.45) is 3.42. The van der Waals surface area contributed by atoms with Crippen LogP contribution in [0, 0.1) is 5.92 Å². The van der Waals surface area contributed by atoms with Crippen molar-refractivity contribution in [2.75, 3.05) is 85.2 Å². The SMILES string of the molecule is CCNC(=NCCN1CCN(C(=O)C2CCC2)CC1)NCCN1CCOCC1. The van der Waals surface area contributed by atoms with Gasteiger partial charge in [-0.25, -0.2) is 0 Å². The van der Waals surface area contributed by atoms with Crippen LogP contribution in [-0.2, 0) is 9.53 Å². The number of morpholine rings is 1. The normalized spacial score (nSPS) is 22.8. The second-order valence-electron chi connectivity index (χ2n) is 7.94. The maximum Gasteiger partial charge on any atom is 0.225 e. The highest BCUT2D eigenvalue weighted by atomic mass is 16.5. The molecule has 1 amide bonds. The number of hydrogen-bond donors (Lipinski definition) is 2. The highest BCUT2D eigenvalue weighted by molar-refractivity contribution is 5.80. The van der Waals surface area contributed by atoms with Crippen molar-refractivity contribution >= 4 is 11.9 Å². The predicted octanol–water partition coefficient (Wildman–Crippen LogP) is -0.182. The lowest BCUT2D eigenvalue weighted by Gasteiger charge is -2.38. The lowest BCUT2D eigenvalue weighted by atomic mass is 9.84. The lowest BCUT2D eigenvalue weighted by molar-refractivity contribution is -0.139. The molecular formula is C20H38N6O2. The van der Waals surface area contributed by atoms with Crippen LogP contribution in [0.25, 0.3) is 0 Å². The van der Waals surface area contributed by atoms with E-state index in [2.05, 4.69) is 32.3 Å². The molecule has 0 aromatic heterocycles. The molecule has 3 aliphatic rings. The van der Waals surface area contributed by atoms with Gasteiger partial charge in [0.2, 0.25) is 5.91 Å². The number of amides is 1. The Kier molecular flexibility index (Phi) is 8.82. The predicted molar refractivity (Wildman–Crippen MR) is 112 cm³/mol. The summed E-state index contributed by atoms with van der Waals surface area (Å²) in [6.45, 7) is 14.0. The highest BCUT2D eigenvalue weighted by Crippen LogP contribution is 2.28. The second kappa shape index (κ2) is 11.6. The van der Waals surface area contributed by atoms with Gasteiger partial charge in [0.1, 0.15) is 0 Å². The van der Waals surface area contributed by atoms with E-state index in [1.54, 1.807) is 0 Å². The number of nitrogens with one attached hydrogen (secondary N) is 2. The van der Waals surface area contributed by atoms with Crippen LogP contribution in [0.5, 0.6) is 0 Å². The first-order chi connectivity index (χ1) is 13.8. The van der Waals surface area contributed by atoms with Crippen molar-refractivity contribution in [3.63, 3.8) is 0 Å². The average Bonchev–Trinajstić information content (AvgIpc) is 2.68. The maximum atomic E-state index is 12.3. The van der Waals surface area contributed by atoms with Crippen LogP contribution >= 0.6 is 0 Å². The van der Waals surface area contributed by atoms with E-state index in [4.69, 9.17) is 9.73 Å². The standard InChI is InChI=1S/C20H38N6O2/c1-2-21-20(23-7-9-25-14-16-28-17-15-25)22-6-8-24-10-12-26(13-11-24)19(27)18-4-3-5-18/h18H,2-17H2,1H3,(H2,21,22,23). The molecule has 2 N–H and O–H groups in total.